The molecule has 0 aromatic rings. The fraction of sp³-hybridized carbons (Fsp3) is 0.583. The van der Waals surface area contributed by atoms with Crippen LogP contribution in [0.1, 0.15) is 27.7 Å². The summed E-state index contributed by atoms with van der Waals surface area (Å²) in [5.74, 6) is -0.327. The van der Waals surface area contributed by atoms with E-state index in [4.69, 9.17) is 0 Å². The zero-order valence-corrected chi connectivity index (χ0v) is 11.7. The lowest BCUT2D eigenvalue weighted by molar-refractivity contribution is -0.116. The molecule has 0 spiro atoms. The van der Waals surface area contributed by atoms with E-state index in [0.29, 0.717) is 0 Å². The summed E-state index contributed by atoms with van der Waals surface area (Å²) < 4.78 is 22.6. The molecule has 4 nitrogen and oxygen atoms in total. The Morgan fingerprint density at radius 3 is 2.29 bits per heavy atom. The lowest BCUT2D eigenvalue weighted by Gasteiger charge is -2.18. The molecule has 0 aromatic carbocycles. The van der Waals surface area contributed by atoms with Gasteiger partial charge in [0.05, 0.1) is 10.5 Å². The molecule has 5 heteroatoms. The van der Waals surface area contributed by atoms with Crippen LogP contribution in [-0.4, -0.2) is 31.4 Å². The van der Waals surface area contributed by atoms with Crippen molar-refractivity contribution >= 4 is 15.7 Å². The van der Waals surface area contributed by atoms with Gasteiger partial charge in [-0.05, 0) is 27.7 Å². The number of allylic oxidation sites excluding steroid dienone is 3. The number of carbonyl (C=O) groups excluding carboxylic acids is 1. The van der Waals surface area contributed by atoms with Crippen molar-refractivity contribution in [2.24, 2.45) is 0 Å². The van der Waals surface area contributed by atoms with Crippen molar-refractivity contribution in [1.29, 1.82) is 0 Å². The summed E-state index contributed by atoms with van der Waals surface area (Å²) in [6, 6.07) is 0. The largest absolute Gasteiger partial charge is 0.352 e. The molecule has 0 atom stereocenters. The molecule has 0 rings (SSSR count). The van der Waals surface area contributed by atoms with Crippen molar-refractivity contribution in [3.8, 4) is 0 Å². The van der Waals surface area contributed by atoms with Crippen LogP contribution in [0.15, 0.2) is 24.3 Å². The van der Waals surface area contributed by atoms with E-state index in [0.717, 1.165) is 0 Å². The highest BCUT2D eigenvalue weighted by molar-refractivity contribution is 7.92. The van der Waals surface area contributed by atoms with Crippen LogP contribution in [0, 0.1) is 0 Å². The molecule has 0 aliphatic rings. The highest BCUT2D eigenvalue weighted by Crippen LogP contribution is 2.15. The minimum absolute atomic E-state index is 0.0420. The predicted molar refractivity (Wildman–Crippen MR) is 70.5 cm³/mol. The third kappa shape index (κ3) is 6.26. The van der Waals surface area contributed by atoms with Crippen molar-refractivity contribution in [1.82, 2.24) is 5.32 Å². The van der Waals surface area contributed by atoms with Crippen molar-refractivity contribution < 1.29 is 13.2 Å². The maximum atomic E-state index is 11.7. The summed E-state index contributed by atoms with van der Waals surface area (Å²) in [4.78, 5) is 11.2. The highest BCUT2D eigenvalue weighted by Gasteiger charge is 2.28. The zero-order chi connectivity index (χ0) is 13.5. The third-order valence-corrected chi connectivity index (χ3v) is 4.76. The van der Waals surface area contributed by atoms with Gasteiger partial charge in [-0.25, -0.2) is 8.42 Å². The SMILES string of the molecule is C/C=C/C=C\C(=O)NCCS(=O)(=O)C(C)(C)C. The van der Waals surface area contributed by atoms with E-state index in [-0.39, 0.29) is 18.2 Å². The highest BCUT2D eigenvalue weighted by atomic mass is 32.2. The fourth-order valence-electron chi connectivity index (χ4n) is 0.928. The summed E-state index contributed by atoms with van der Waals surface area (Å²) in [6.07, 6.45) is 6.50. The van der Waals surface area contributed by atoms with Gasteiger partial charge in [-0.3, -0.25) is 4.79 Å². The van der Waals surface area contributed by atoms with E-state index in [1.807, 2.05) is 6.92 Å². The predicted octanol–water partition coefficient (Wildman–Crippen LogP) is 1.45. The maximum Gasteiger partial charge on any atom is 0.244 e. The molecule has 0 unspecified atom stereocenters. The molecule has 0 aliphatic carbocycles. The second-order valence-electron chi connectivity index (χ2n) is 4.61. The molecule has 0 heterocycles. The molecule has 0 saturated heterocycles. The fourth-order valence-corrected chi connectivity index (χ4v) is 1.91. The minimum atomic E-state index is -3.17. The minimum Gasteiger partial charge on any atom is -0.352 e. The number of hydrogen-bond donors (Lipinski definition) is 1. The Hall–Kier alpha value is -1.10. The second kappa shape index (κ2) is 6.59. The van der Waals surface area contributed by atoms with Gasteiger partial charge in [-0.2, -0.15) is 0 Å². The zero-order valence-electron chi connectivity index (χ0n) is 10.9. The monoisotopic (exact) mass is 259 g/mol. The Morgan fingerprint density at radius 1 is 1.24 bits per heavy atom. The van der Waals surface area contributed by atoms with Crippen molar-refractivity contribution in [3.63, 3.8) is 0 Å². The first-order chi connectivity index (χ1) is 7.70. The number of nitrogens with one attached hydrogen (secondary N) is 1. The summed E-state index contributed by atoms with van der Waals surface area (Å²) in [7, 11) is -3.17. The van der Waals surface area contributed by atoms with Crippen LogP contribution in [0.4, 0.5) is 0 Å². The maximum absolute atomic E-state index is 11.7. The molecular weight excluding hydrogens is 238 g/mol. The van der Waals surface area contributed by atoms with Gasteiger partial charge in [-0.15, -0.1) is 0 Å². The molecule has 0 bridgehead atoms. The summed E-state index contributed by atoms with van der Waals surface area (Å²) >= 11 is 0. The Kier molecular flexibility index (Phi) is 6.16. The summed E-state index contributed by atoms with van der Waals surface area (Å²) in [6.45, 7) is 6.93. The number of carbonyl (C=O) groups is 1. The standard InChI is InChI=1S/C12H21NO3S/c1-5-6-7-8-11(14)13-9-10-17(15,16)12(2,3)4/h5-8H,9-10H2,1-4H3,(H,13,14)/b6-5+,8-7-. The molecule has 0 aromatic heterocycles. The topological polar surface area (TPSA) is 63.2 Å². The number of amides is 1. The van der Waals surface area contributed by atoms with Crippen molar-refractivity contribution in [2.45, 2.75) is 32.4 Å². The molecule has 17 heavy (non-hydrogen) atoms. The van der Waals surface area contributed by atoms with E-state index in [9.17, 15) is 13.2 Å². The number of hydrogen-bond acceptors (Lipinski definition) is 3. The molecule has 1 N–H and O–H groups in total. The van der Waals surface area contributed by atoms with Crippen molar-refractivity contribution in [2.75, 3.05) is 12.3 Å². The average Bonchev–Trinajstić information content (AvgIpc) is 2.16. The summed E-state index contributed by atoms with van der Waals surface area (Å²) in [5, 5.41) is 2.53. The lowest BCUT2D eigenvalue weighted by Crippen LogP contribution is -2.36. The molecule has 0 fully saturated rings. The molecule has 1 amide bonds. The van der Waals surface area contributed by atoms with Crippen LogP contribution in [0.25, 0.3) is 0 Å². The van der Waals surface area contributed by atoms with Gasteiger partial charge in [0.15, 0.2) is 9.84 Å². The van der Waals surface area contributed by atoms with Crippen LogP contribution in [-0.2, 0) is 14.6 Å². The third-order valence-electron chi connectivity index (χ3n) is 2.15. The van der Waals surface area contributed by atoms with Crippen LogP contribution >= 0.6 is 0 Å². The van der Waals surface area contributed by atoms with E-state index < -0.39 is 14.6 Å². The van der Waals surface area contributed by atoms with Crippen molar-refractivity contribution in [3.05, 3.63) is 24.3 Å². The van der Waals surface area contributed by atoms with Crippen LogP contribution in [0.5, 0.6) is 0 Å². The summed E-state index contributed by atoms with van der Waals surface area (Å²) in [5.41, 5.74) is 0. The van der Waals surface area contributed by atoms with Gasteiger partial charge in [0.1, 0.15) is 0 Å². The first kappa shape index (κ1) is 15.9. The first-order valence-electron chi connectivity index (χ1n) is 5.50. The van der Waals surface area contributed by atoms with Crippen LogP contribution < -0.4 is 5.32 Å². The van der Waals surface area contributed by atoms with Gasteiger partial charge in [0.2, 0.25) is 5.91 Å². The number of sulfone groups is 1. The second-order valence-corrected chi connectivity index (χ2v) is 7.47. The van der Waals surface area contributed by atoms with Crippen LogP contribution in [0.3, 0.4) is 0 Å². The molecule has 98 valence electrons. The van der Waals surface area contributed by atoms with Gasteiger partial charge >= 0.3 is 0 Å². The number of rotatable bonds is 5. The quantitative estimate of drug-likeness (QED) is 0.600. The average molecular weight is 259 g/mol. The molecular formula is C12H21NO3S. The smallest absolute Gasteiger partial charge is 0.244 e. The van der Waals surface area contributed by atoms with Gasteiger partial charge in [0, 0.05) is 12.6 Å². The lowest BCUT2D eigenvalue weighted by atomic mass is 10.3. The Bertz CT molecular complexity index is 400. The Balaban J connectivity index is 4.14. The molecule has 0 radical (unpaired) electrons. The Labute approximate surface area is 104 Å². The van der Waals surface area contributed by atoms with E-state index in [2.05, 4.69) is 5.32 Å². The first-order valence-corrected chi connectivity index (χ1v) is 7.15. The normalized spacial score (nSPS) is 13.4. The van der Waals surface area contributed by atoms with E-state index in [1.54, 1.807) is 39.0 Å². The van der Waals surface area contributed by atoms with Gasteiger partial charge < -0.3 is 5.32 Å². The van der Waals surface area contributed by atoms with E-state index >= 15 is 0 Å². The van der Waals surface area contributed by atoms with Gasteiger partial charge in [-0.1, -0.05) is 18.2 Å². The molecule has 0 saturated carbocycles. The Morgan fingerprint density at radius 2 is 1.82 bits per heavy atom. The molecule has 0 aliphatic heterocycles. The van der Waals surface area contributed by atoms with E-state index in [1.165, 1.54) is 6.08 Å². The van der Waals surface area contributed by atoms with Gasteiger partial charge in [0.25, 0.3) is 0 Å². The van der Waals surface area contributed by atoms with Crippen LogP contribution in [0.2, 0.25) is 0 Å².